The smallest absolute Gasteiger partial charge is 0.145 e. The topological polar surface area (TPSA) is 32.9 Å². The second-order valence-corrected chi connectivity index (χ2v) is 20.4. The summed E-state index contributed by atoms with van der Waals surface area (Å²) in [7, 11) is 0. The fraction of sp³-hybridized carbons (Fsp3) is 0. The van der Waals surface area contributed by atoms with E-state index in [1.54, 1.807) is 0 Å². The van der Waals surface area contributed by atoms with Crippen LogP contribution in [0.2, 0.25) is 0 Å². The summed E-state index contributed by atoms with van der Waals surface area (Å²) in [6, 6.07) is 97.3. The predicted octanol–water partition coefficient (Wildman–Crippen LogP) is 19.3. The van der Waals surface area contributed by atoms with Crippen molar-refractivity contribution >= 4 is 109 Å². The maximum atomic E-state index is 7.55. The van der Waals surface area contributed by atoms with E-state index in [1.807, 2.05) is 0 Å². The van der Waals surface area contributed by atoms with Crippen LogP contribution in [0.25, 0.3) is 154 Å². The first kappa shape index (κ1) is 42.0. The van der Waals surface area contributed by atoms with Gasteiger partial charge in [-0.1, -0.05) is 133 Å². The van der Waals surface area contributed by atoms with Crippen LogP contribution in [0.4, 0.5) is 0 Å². The van der Waals surface area contributed by atoms with Gasteiger partial charge < -0.3 is 22.7 Å². The SMILES string of the molecule is c1ccc(-n2c3ccccc3c3cc(-c4ccc5c(c4)c4c6oc7c(ccc8c7c7cc(-c9ccc%10c(c9)c9ccccc9n%10-c9ccccc9)ccc7n8-c7ccccc7)c6ccc4n5-c4ccccc4)ccc32)cc1. The minimum Gasteiger partial charge on any atom is -0.455 e. The van der Waals surface area contributed by atoms with Gasteiger partial charge in [-0.25, -0.2) is 0 Å². The molecule has 0 aliphatic rings. The largest absolute Gasteiger partial charge is 0.455 e. The van der Waals surface area contributed by atoms with Crippen LogP contribution < -0.4 is 0 Å². The molecule has 0 bridgehead atoms. The number of aromatic nitrogens is 4. The Hall–Kier alpha value is -10.4. The molecule has 0 atom stereocenters. The first-order valence-electron chi connectivity index (χ1n) is 26.4. The van der Waals surface area contributed by atoms with Crippen LogP contribution in [-0.4, -0.2) is 18.3 Å². The summed E-state index contributed by atoms with van der Waals surface area (Å²) in [6.07, 6.45) is 0. The molecule has 0 saturated heterocycles. The van der Waals surface area contributed by atoms with E-state index in [-0.39, 0.29) is 0 Å². The van der Waals surface area contributed by atoms with E-state index in [1.165, 1.54) is 54.7 Å². The van der Waals surface area contributed by atoms with Gasteiger partial charge in [0.15, 0.2) is 0 Å². The van der Waals surface area contributed by atoms with Gasteiger partial charge in [-0.2, -0.15) is 0 Å². The lowest BCUT2D eigenvalue weighted by Gasteiger charge is -2.09. The summed E-state index contributed by atoms with van der Waals surface area (Å²) < 4.78 is 17.1. The van der Waals surface area contributed by atoms with E-state index >= 15 is 0 Å². The molecule has 0 radical (unpaired) electrons. The first-order chi connectivity index (χ1) is 38.2. The highest BCUT2D eigenvalue weighted by Crippen LogP contribution is 2.47. The molecule has 5 heteroatoms. The van der Waals surface area contributed by atoms with Crippen molar-refractivity contribution in [2.45, 2.75) is 0 Å². The number of furan rings is 1. The van der Waals surface area contributed by atoms with E-state index < -0.39 is 0 Å². The summed E-state index contributed by atoms with van der Waals surface area (Å²) in [5, 5.41) is 11.6. The highest BCUT2D eigenvalue weighted by Gasteiger charge is 2.24. The Morgan fingerprint density at radius 3 is 0.831 bits per heavy atom. The summed E-state index contributed by atoms with van der Waals surface area (Å²) in [5.41, 5.74) is 20.2. The molecule has 17 aromatic rings. The van der Waals surface area contributed by atoms with Crippen molar-refractivity contribution in [2.24, 2.45) is 0 Å². The van der Waals surface area contributed by atoms with Crippen LogP contribution in [0.15, 0.2) is 271 Å². The van der Waals surface area contributed by atoms with Crippen molar-refractivity contribution in [1.29, 1.82) is 0 Å². The Kier molecular flexibility index (Phi) is 8.77. The summed E-state index contributed by atoms with van der Waals surface area (Å²) in [6.45, 7) is 0. The number of hydrogen-bond acceptors (Lipinski definition) is 1. The quantitative estimate of drug-likeness (QED) is 0.163. The zero-order chi connectivity index (χ0) is 50.3. The van der Waals surface area contributed by atoms with Gasteiger partial charge in [0.25, 0.3) is 0 Å². The molecular weight excluding hydrogens is 937 g/mol. The van der Waals surface area contributed by atoms with Crippen molar-refractivity contribution in [1.82, 2.24) is 18.3 Å². The molecule has 5 heterocycles. The average Bonchev–Trinajstić information content (AvgIpc) is 4.49. The molecule has 5 aromatic heterocycles. The fourth-order valence-corrected chi connectivity index (χ4v) is 13.0. The summed E-state index contributed by atoms with van der Waals surface area (Å²) in [5.74, 6) is 0. The fourth-order valence-electron chi connectivity index (χ4n) is 13.0. The molecule has 0 amide bonds. The van der Waals surface area contributed by atoms with E-state index in [9.17, 15) is 0 Å². The van der Waals surface area contributed by atoms with Gasteiger partial charge in [-0.15, -0.1) is 0 Å². The minimum absolute atomic E-state index is 0.889. The van der Waals surface area contributed by atoms with Crippen molar-refractivity contribution in [3.05, 3.63) is 267 Å². The van der Waals surface area contributed by atoms with Crippen LogP contribution >= 0.6 is 0 Å². The van der Waals surface area contributed by atoms with Gasteiger partial charge in [0.1, 0.15) is 11.2 Å². The molecule has 12 aromatic carbocycles. The number of nitrogens with zero attached hydrogens (tertiary/aromatic N) is 4. The summed E-state index contributed by atoms with van der Waals surface area (Å²) in [4.78, 5) is 0. The molecule has 358 valence electrons. The zero-order valence-electron chi connectivity index (χ0n) is 41.6. The molecule has 0 fully saturated rings. The van der Waals surface area contributed by atoms with Crippen molar-refractivity contribution in [3.63, 3.8) is 0 Å². The Morgan fingerprint density at radius 2 is 0.468 bits per heavy atom. The van der Waals surface area contributed by atoms with E-state index in [0.717, 1.165) is 99.4 Å². The molecule has 0 N–H and O–H groups in total. The Bertz CT molecular complexity index is 4920. The number of rotatable bonds is 6. The van der Waals surface area contributed by atoms with Crippen LogP contribution in [0.5, 0.6) is 0 Å². The highest BCUT2D eigenvalue weighted by molar-refractivity contribution is 6.29. The zero-order valence-corrected chi connectivity index (χ0v) is 41.6. The Labute approximate surface area is 441 Å². The van der Waals surface area contributed by atoms with Crippen LogP contribution in [0.3, 0.4) is 0 Å². The summed E-state index contributed by atoms with van der Waals surface area (Å²) >= 11 is 0. The number of para-hydroxylation sites is 6. The van der Waals surface area contributed by atoms with Crippen LogP contribution in [0, 0.1) is 0 Å². The normalized spacial score (nSPS) is 12.2. The molecule has 77 heavy (non-hydrogen) atoms. The molecular formula is C72H44N4O. The molecule has 0 unspecified atom stereocenters. The van der Waals surface area contributed by atoms with Crippen LogP contribution in [-0.2, 0) is 0 Å². The Morgan fingerprint density at radius 1 is 0.195 bits per heavy atom. The van der Waals surface area contributed by atoms with Gasteiger partial charge in [-0.3, -0.25) is 0 Å². The second kappa shape index (κ2) is 16.1. The third-order valence-electron chi connectivity index (χ3n) is 16.3. The third-order valence-corrected chi connectivity index (χ3v) is 16.3. The lowest BCUT2D eigenvalue weighted by atomic mass is 9.99. The average molecular weight is 981 g/mol. The third kappa shape index (κ3) is 6.05. The van der Waals surface area contributed by atoms with Crippen molar-refractivity contribution in [3.8, 4) is 45.0 Å². The minimum atomic E-state index is 0.889. The Balaban J connectivity index is 0.907. The van der Waals surface area contributed by atoms with Gasteiger partial charge in [0, 0.05) is 65.8 Å². The van der Waals surface area contributed by atoms with Crippen molar-refractivity contribution < 1.29 is 4.42 Å². The molecule has 0 aliphatic carbocycles. The van der Waals surface area contributed by atoms with Gasteiger partial charge in [0.05, 0.1) is 54.9 Å². The number of benzene rings is 12. The second-order valence-electron chi connectivity index (χ2n) is 20.4. The van der Waals surface area contributed by atoms with Gasteiger partial charge in [-0.05, 0) is 156 Å². The lowest BCUT2D eigenvalue weighted by molar-refractivity contribution is 0.677. The van der Waals surface area contributed by atoms with Crippen molar-refractivity contribution in [2.75, 3.05) is 0 Å². The molecule has 0 aliphatic heterocycles. The number of fused-ring (bicyclic) bond motifs is 17. The van der Waals surface area contributed by atoms with Gasteiger partial charge >= 0.3 is 0 Å². The first-order valence-corrected chi connectivity index (χ1v) is 26.4. The maximum Gasteiger partial charge on any atom is 0.145 e. The monoisotopic (exact) mass is 980 g/mol. The van der Waals surface area contributed by atoms with E-state index in [2.05, 4.69) is 285 Å². The molecule has 5 nitrogen and oxygen atoms in total. The van der Waals surface area contributed by atoms with E-state index in [0.29, 0.717) is 0 Å². The predicted molar refractivity (Wildman–Crippen MR) is 322 cm³/mol. The van der Waals surface area contributed by atoms with Gasteiger partial charge in [0.2, 0.25) is 0 Å². The van der Waals surface area contributed by atoms with Crippen LogP contribution in [0.1, 0.15) is 0 Å². The standard InChI is InChI=1S/C72H44N4O/c1-5-17-49(18-6-1)73-61-27-15-13-25-53(61)57-41-45(29-35-63(57)73)47-31-37-65-59(43-47)69-67(75(65)51-21-9-3-10-22-51)39-33-55-56-34-40-68-70(72(56)77-71(55)69)60-44-48(32-38-66(60)76(68)52-23-11-4-12-24-52)46-30-36-64-58(42-46)54-26-14-16-28-62(54)74(64)50-19-7-2-8-20-50/h1-44H. The molecule has 17 rings (SSSR count). The van der Waals surface area contributed by atoms with E-state index in [4.69, 9.17) is 4.42 Å². The molecule has 0 spiro atoms. The highest BCUT2D eigenvalue weighted by atomic mass is 16.3. The molecule has 0 saturated carbocycles. The lowest BCUT2D eigenvalue weighted by Crippen LogP contribution is -1.93. The number of hydrogen-bond donors (Lipinski definition) is 0. The maximum absolute atomic E-state index is 7.55.